The van der Waals surface area contributed by atoms with Crippen LogP contribution in [0.3, 0.4) is 0 Å². The summed E-state index contributed by atoms with van der Waals surface area (Å²) >= 11 is 3.67. The predicted molar refractivity (Wildman–Crippen MR) is 105 cm³/mol. The van der Waals surface area contributed by atoms with Gasteiger partial charge in [0.25, 0.3) is 0 Å². The Kier molecular flexibility index (Phi) is 6.96. The number of hydrogen-bond donors (Lipinski definition) is 1. The van der Waals surface area contributed by atoms with E-state index in [0.29, 0.717) is 11.8 Å². The zero-order valence-electron chi connectivity index (χ0n) is 14.4. The number of thioether (sulfide) groups is 1. The molecule has 1 aliphatic heterocycles. The van der Waals surface area contributed by atoms with Crippen molar-refractivity contribution in [3.63, 3.8) is 0 Å². The average Bonchev–Trinajstić information content (AvgIpc) is 3.10. The fraction of sp³-hybridized carbons (Fsp3) is 0.368. The molecule has 1 aromatic heterocycles. The fourth-order valence-corrected chi connectivity index (χ4v) is 4.99. The van der Waals surface area contributed by atoms with Crippen molar-refractivity contribution in [3.8, 4) is 0 Å². The van der Waals surface area contributed by atoms with Crippen LogP contribution in [-0.2, 0) is 16.1 Å². The van der Waals surface area contributed by atoms with Crippen LogP contribution in [0.4, 0.5) is 4.79 Å². The van der Waals surface area contributed by atoms with Gasteiger partial charge >= 0.3 is 6.09 Å². The number of alkyl carbamates (subject to hydrolysis) is 1. The van der Waals surface area contributed by atoms with E-state index < -0.39 is 6.09 Å². The summed E-state index contributed by atoms with van der Waals surface area (Å²) in [7, 11) is 0. The van der Waals surface area contributed by atoms with E-state index in [0.717, 1.165) is 24.3 Å². The smallest absolute Gasteiger partial charge is 0.407 e. The number of nitrogens with one attached hydrogen (secondary N) is 1. The largest absolute Gasteiger partial charge is 0.445 e. The zero-order valence-corrected chi connectivity index (χ0v) is 16.1. The van der Waals surface area contributed by atoms with Gasteiger partial charge in [-0.3, -0.25) is 4.79 Å². The van der Waals surface area contributed by atoms with Crippen molar-refractivity contribution >= 4 is 35.1 Å². The third kappa shape index (κ3) is 5.51. The van der Waals surface area contributed by atoms with Gasteiger partial charge in [0.1, 0.15) is 13.2 Å². The molecule has 1 aromatic carbocycles. The van der Waals surface area contributed by atoms with Gasteiger partial charge in [0.15, 0.2) is 0 Å². The summed E-state index contributed by atoms with van der Waals surface area (Å²) < 4.78 is 5.13. The number of rotatable bonds is 5. The average molecular weight is 391 g/mol. The molecular formula is C19H22N2O3S2. The standard InChI is InChI=1S/C19H22N2O3S2/c22-18(13-20-19(23)24-14-15-5-2-1-3-6-15)21-9-8-17(26-12-10-21)16-7-4-11-25-16/h1-7,11,17H,8-10,12-14H2,(H,20,23)/t17-/m1/s1. The summed E-state index contributed by atoms with van der Waals surface area (Å²) in [6, 6.07) is 13.7. The van der Waals surface area contributed by atoms with Crippen LogP contribution in [0.5, 0.6) is 0 Å². The Balaban J connectivity index is 1.39. The Morgan fingerprint density at radius 2 is 2.00 bits per heavy atom. The molecular weight excluding hydrogens is 368 g/mol. The summed E-state index contributed by atoms with van der Waals surface area (Å²) in [6.45, 7) is 1.60. The molecule has 1 saturated heterocycles. The number of carbonyl (C=O) groups is 2. The first-order valence-corrected chi connectivity index (χ1v) is 10.5. The molecule has 138 valence electrons. The van der Waals surface area contributed by atoms with Gasteiger partial charge in [-0.2, -0.15) is 11.8 Å². The number of benzene rings is 1. The highest BCUT2D eigenvalue weighted by molar-refractivity contribution is 7.99. The van der Waals surface area contributed by atoms with Crippen LogP contribution in [0.2, 0.25) is 0 Å². The minimum Gasteiger partial charge on any atom is -0.445 e. The molecule has 0 unspecified atom stereocenters. The molecule has 3 rings (SSSR count). The Morgan fingerprint density at radius 3 is 2.77 bits per heavy atom. The molecule has 1 N–H and O–H groups in total. The van der Waals surface area contributed by atoms with Crippen molar-refractivity contribution in [1.82, 2.24) is 10.2 Å². The van der Waals surface area contributed by atoms with Gasteiger partial charge in [-0.15, -0.1) is 11.3 Å². The summed E-state index contributed by atoms with van der Waals surface area (Å²) in [5.41, 5.74) is 0.915. The molecule has 26 heavy (non-hydrogen) atoms. The predicted octanol–water partition coefficient (Wildman–Crippen LogP) is 3.68. The second-order valence-corrected chi connectivity index (χ2v) is 8.25. The highest BCUT2D eigenvalue weighted by Crippen LogP contribution is 2.36. The third-order valence-electron chi connectivity index (χ3n) is 4.15. The van der Waals surface area contributed by atoms with E-state index >= 15 is 0 Å². The molecule has 2 aromatic rings. The van der Waals surface area contributed by atoms with Crippen LogP contribution in [0, 0.1) is 0 Å². The van der Waals surface area contributed by atoms with Gasteiger partial charge in [0.05, 0.1) is 0 Å². The van der Waals surface area contributed by atoms with Crippen molar-refractivity contribution in [3.05, 3.63) is 58.3 Å². The number of ether oxygens (including phenoxy) is 1. The lowest BCUT2D eigenvalue weighted by atomic mass is 10.2. The van der Waals surface area contributed by atoms with E-state index in [4.69, 9.17) is 4.74 Å². The maximum atomic E-state index is 12.4. The van der Waals surface area contributed by atoms with Crippen molar-refractivity contribution in [2.45, 2.75) is 18.3 Å². The molecule has 2 amide bonds. The molecule has 0 radical (unpaired) electrons. The summed E-state index contributed by atoms with van der Waals surface area (Å²) in [4.78, 5) is 27.3. The van der Waals surface area contributed by atoms with Crippen LogP contribution in [0.1, 0.15) is 22.1 Å². The summed E-state index contributed by atoms with van der Waals surface area (Å²) in [5.74, 6) is 0.848. The van der Waals surface area contributed by atoms with Gasteiger partial charge in [-0.05, 0) is 23.4 Å². The third-order valence-corrected chi connectivity index (χ3v) is 6.60. The van der Waals surface area contributed by atoms with E-state index in [2.05, 4.69) is 22.8 Å². The van der Waals surface area contributed by atoms with Crippen molar-refractivity contribution in [1.29, 1.82) is 0 Å². The Hall–Kier alpha value is -1.99. The molecule has 1 atom stereocenters. The SMILES string of the molecule is O=C(NCC(=O)N1CCS[C@@H](c2cccs2)CC1)OCc1ccccc1. The maximum absolute atomic E-state index is 12.4. The van der Waals surface area contributed by atoms with Crippen molar-refractivity contribution in [2.24, 2.45) is 0 Å². The zero-order chi connectivity index (χ0) is 18.2. The van der Waals surface area contributed by atoms with Gasteiger partial charge in [0, 0.05) is 29.0 Å². The van der Waals surface area contributed by atoms with Gasteiger partial charge < -0.3 is 15.0 Å². The monoisotopic (exact) mass is 390 g/mol. The molecule has 0 aliphatic carbocycles. The van der Waals surface area contributed by atoms with Crippen LogP contribution < -0.4 is 5.32 Å². The van der Waals surface area contributed by atoms with Gasteiger partial charge in [-0.1, -0.05) is 36.4 Å². The van der Waals surface area contributed by atoms with Crippen LogP contribution in [-0.4, -0.2) is 42.3 Å². The minimum atomic E-state index is -0.567. The molecule has 1 fully saturated rings. The van der Waals surface area contributed by atoms with Crippen molar-refractivity contribution in [2.75, 3.05) is 25.4 Å². The lowest BCUT2D eigenvalue weighted by Gasteiger charge is -2.20. The van der Waals surface area contributed by atoms with Crippen LogP contribution in [0.25, 0.3) is 0 Å². The Morgan fingerprint density at radius 1 is 1.15 bits per heavy atom. The second-order valence-electron chi connectivity index (χ2n) is 5.96. The van der Waals surface area contributed by atoms with Gasteiger partial charge in [0.2, 0.25) is 5.91 Å². The highest BCUT2D eigenvalue weighted by atomic mass is 32.2. The lowest BCUT2D eigenvalue weighted by molar-refractivity contribution is -0.129. The minimum absolute atomic E-state index is 0.0258. The molecule has 1 aliphatic rings. The van der Waals surface area contributed by atoms with Crippen molar-refractivity contribution < 1.29 is 14.3 Å². The van der Waals surface area contributed by atoms with E-state index in [9.17, 15) is 9.59 Å². The summed E-state index contributed by atoms with van der Waals surface area (Å²) in [6.07, 6.45) is 0.373. The first-order valence-electron chi connectivity index (χ1n) is 8.59. The number of nitrogens with zero attached hydrogens (tertiary/aromatic N) is 1. The first kappa shape index (κ1) is 18.8. The molecule has 0 saturated carbocycles. The quantitative estimate of drug-likeness (QED) is 0.846. The van der Waals surface area contributed by atoms with Crippen LogP contribution in [0.15, 0.2) is 47.8 Å². The normalized spacial score (nSPS) is 17.4. The number of amides is 2. The lowest BCUT2D eigenvalue weighted by Crippen LogP contribution is -2.41. The van der Waals surface area contributed by atoms with Crippen LogP contribution >= 0.6 is 23.1 Å². The molecule has 0 bridgehead atoms. The molecule has 5 nitrogen and oxygen atoms in total. The number of carbonyl (C=O) groups excluding carboxylic acids is 2. The molecule has 7 heteroatoms. The topological polar surface area (TPSA) is 58.6 Å². The van der Waals surface area contributed by atoms with E-state index in [1.54, 1.807) is 11.3 Å². The number of hydrogen-bond acceptors (Lipinski definition) is 5. The summed E-state index contributed by atoms with van der Waals surface area (Å²) in [5, 5.41) is 5.10. The van der Waals surface area contributed by atoms with Gasteiger partial charge in [-0.25, -0.2) is 4.79 Å². The maximum Gasteiger partial charge on any atom is 0.407 e. The first-order chi connectivity index (χ1) is 12.7. The molecule has 2 heterocycles. The molecule has 0 spiro atoms. The Bertz CT molecular complexity index is 707. The fourth-order valence-electron chi connectivity index (χ4n) is 2.76. The van der Waals surface area contributed by atoms with E-state index in [1.807, 2.05) is 47.0 Å². The van der Waals surface area contributed by atoms with E-state index in [-0.39, 0.29) is 19.1 Å². The van der Waals surface area contributed by atoms with E-state index in [1.165, 1.54) is 4.88 Å². The second kappa shape index (κ2) is 9.64. The highest BCUT2D eigenvalue weighted by Gasteiger charge is 2.22. The number of thiophene rings is 1. The Labute approximate surface area is 161 Å².